The highest BCUT2D eigenvalue weighted by atomic mass is 35.5. The molecule has 0 N–H and O–H groups in total. The van der Waals surface area contributed by atoms with Crippen LogP contribution in [0.1, 0.15) is 39.6 Å². The topological polar surface area (TPSA) is 35.5 Å². The number of benzene rings is 3. The molecule has 5 heteroatoms. The van der Waals surface area contributed by atoms with E-state index >= 15 is 0 Å². The molecule has 146 valence electrons. The van der Waals surface area contributed by atoms with Crippen molar-refractivity contribution in [3.8, 4) is 0 Å². The van der Waals surface area contributed by atoms with Crippen LogP contribution < -0.4 is 0 Å². The Morgan fingerprint density at radius 2 is 1.79 bits per heavy atom. The minimum Gasteiger partial charge on any atom is -0.484 e. The van der Waals surface area contributed by atoms with E-state index in [0.29, 0.717) is 28.3 Å². The number of hydrogen-bond donors (Lipinski definition) is 0. The van der Waals surface area contributed by atoms with Crippen molar-refractivity contribution in [3.63, 3.8) is 0 Å². The second-order valence-electron chi connectivity index (χ2n) is 6.72. The highest BCUT2D eigenvalue weighted by Gasteiger charge is 2.31. The summed E-state index contributed by atoms with van der Waals surface area (Å²) in [5.74, 6) is -0.182. The monoisotopic (exact) mass is 408 g/mol. The lowest BCUT2D eigenvalue weighted by atomic mass is 9.92. The van der Waals surface area contributed by atoms with Crippen LogP contribution in [0, 0.1) is 5.82 Å². The van der Waals surface area contributed by atoms with Crippen LogP contribution in [-0.2, 0) is 9.47 Å². The Labute approximate surface area is 173 Å². The van der Waals surface area contributed by atoms with E-state index in [4.69, 9.17) is 21.1 Å². The first-order valence-electron chi connectivity index (χ1n) is 9.15. The van der Waals surface area contributed by atoms with Crippen molar-refractivity contribution in [2.24, 2.45) is 0 Å². The molecular weight excluding hydrogens is 391 g/mol. The molecule has 4 rings (SSSR count). The van der Waals surface area contributed by atoms with E-state index in [1.807, 2.05) is 30.3 Å². The lowest BCUT2D eigenvalue weighted by Crippen LogP contribution is -2.06. The SMILES string of the molecule is COC(=O)c1cc(Cl)ccc1C1=C(c2ccc(F)cc2)OC(c2ccccc2)C1. The summed E-state index contributed by atoms with van der Waals surface area (Å²) in [6, 6.07) is 21.1. The van der Waals surface area contributed by atoms with E-state index in [9.17, 15) is 9.18 Å². The number of rotatable bonds is 4. The highest BCUT2D eigenvalue weighted by molar-refractivity contribution is 6.31. The Balaban J connectivity index is 1.85. The third-order valence-corrected chi connectivity index (χ3v) is 5.15. The molecule has 29 heavy (non-hydrogen) atoms. The van der Waals surface area contributed by atoms with Gasteiger partial charge in [0.2, 0.25) is 0 Å². The third-order valence-electron chi connectivity index (χ3n) is 4.91. The highest BCUT2D eigenvalue weighted by Crippen LogP contribution is 2.46. The van der Waals surface area contributed by atoms with Crippen molar-refractivity contribution in [3.05, 3.63) is 106 Å². The van der Waals surface area contributed by atoms with Gasteiger partial charge < -0.3 is 9.47 Å². The molecular formula is C24H18ClFO3. The van der Waals surface area contributed by atoms with Gasteiger partial charge in [-0.15, -0.1) is 0 Å². The van der Waals surface area contributed by atoms with Gasteiger partial charge >= 0.3 is 5.97 Å². The Morgan fingerprint density at radius 1 is 1.07 bits per heavy atom. The maximum Gasteiger partial charge on any atom is 0.338 e. The minimum atomic E-state index is -0.475. The summed E-state index contributed by atoms with van der Waals surface area (Å²) in [4.78, 5) is 12.4. The Hall–Kier alpha value is -3.11. The summed E-state index contributed by atoms with van der Waals surface area (Å²) in [5.41, 5.74) is 3.68. The molecule has 1 heterocycles. The van der Waals surface area contributed by atoms with E-state index in [-0.39, 0.29) is 11.9 Å². The average molecular weight is 409 g/mol. The minimum absolute atomic E-state index is 0.215. The van der Waals surface area contributed by atoms with Gasteiger partial charge in [-0.3, -0.25) is 0 Å². The van der Waals surface area contributed by atoms with E-state index in [0.717, 1.165) is 16.7 Å². The number of esters is 1. The first-order chi connectivity index (χ1) is 14.1. The molecule has 3 aromatic rings. The second-order valence-corrected chi connectivity index (χ2v) is 7.15. The fourth-order valence-electron chi connectivity index (χ4n) is 3.52. The van der Waals surface area contributed by atoms with Crippen LogP contribution >= 0.6 is 11.6 Å². The molecule has 0 bridgehead atoms. The quantitative estimate of drug-likeness (QED) is 0.475. The van der Waals surface area contributed by atoms with Gasteiger partial charge in [0.15, 0.2) is 0 Å². The van der Waals surface area contributed by atoms with Gasteiger partial charge in [-0.05, 0) is 47.5 Å². The number of hydrogen-bond acceptors (Lipinski definition) is 3. The predicted molar refractivity (Wildman–Crippen MR) is 111 cm³/mol. The van der Waals surface area contributed by atoms with Crippen molar-refractivity contribution in [1.29, 1.82) is 0 Å². The number of carbonyl (C=O) groups excluding carboxylic acids is 1. The largest absolute Gasteiger partial charge is 0.484 e. The van der Waals surface area contributed by atoms with Crippen LogP contribution in [0.5, 0.6) is 0 Å². The molecule has 1 aliphatic rings. The molecule has 3 aromatic carbocycles. The van der Waals surface area contributed by atoms with Crippen molar-refractivity contribution in [2.75, 3.05) is 7.11 Å². The maximum absolute atomic E-state index is 13.5. The summed E-state index contributed by atoms with van der Waals surface area (Å²) >= 11 is 6.12. The molecule has 0 aliphatic carbocycles. The summed E-state index contributed by atoms with van der Waals surface area (Å²) in [5, 5.41) is 0.441. The summed E-state index contributed by atoms with van der Waals surface area (Å²) in [6.45, 7) is 0. The van der Waals surface area contributed by atoms with E-state index in [1.165, 1.54) is 19.2 Å². The van der Waals surface area contributed by atoms with Crippen molar-refractivity contribution < 1.29 is 18.7 Å². The molecule has 0 spiro atoms. The van der Waals surface area contributed by atoms with E-state index in [1.54, 1.807) is 30.3 Å². The molecule has 0 amide bonds. The fourth-order valence-corrected chi connectivity index (χ4v) is 3.69. The molecule has 0 saturated carbocycles. The smallest absolute Gasteiger partial charge is 0.338 e. The van der Waals surface area contributed by atoms with Crippen molar-refractivity contribution in [2.45, 2.75) is 12.5 Å². The number of halogens is 2. The molecule has 3 nitrogen and oxygen atoms in total. The molecule has 0 fully saturated rings. The number of carbonyl (C=O) groups is 1. The Kier molecular flexibility index (Phi) is 5.36. The van der Waals surface area contributed by atoms with Gasteiger partial charge in [0.1, 0.15) is 17.7 Å². The summed E-state index contributed by atoms with van der Waals surface area (Å²) in [7, 11) is 1.33. The lowest BCUT2D eigenvalue weighted by molar-refractivity contribution is 0.0600. The van der Waals surface area contributed by atoms with Crippen LogP contribution in [0.25, 0.3) is 11.3 Å². The molecule has 1 aliphatic heterocycles. The van der Waals surface area contributed by atoms with Crippen molar-refractivity contribution >= 4 is 28.9 Å². The normalized spacial score (nSPS) is 15.9. The van der Waals surface area contributed by atoms with Gasteiger partial charge in [0, 0.05) is 22.6 Å². The van der Waals surface area contributed by atoms with E-state index < -0.39 is 5.97 Å². The third kappa shape index (κ3) is 3.89. The summed E-state index contributed by atoms with van der Waals surface area (Å²) < 4.78 is 24.7. The first-order valence-corrected chi connectivity index (χ1v) is 9.53. The molecule has 0 saturated heterocycles. The molecule has 0 aromatic heterocycles. The van der Waals surface area contributed by atoms with Crippen LogP contribution in [0.2, 0.25) is 5.02 Å². The average Bonchev–Trinajstić information content (AvgIpc) is 3.19. The zero-order valence-corrected chi connectivity index (χ0v) is 16.4. The Morgan fingerprint density at radius 3 is 2.48 bits per heavy atom. The summed E-state index contributed by atoms with van der Waals surface area (Å²) in [6.07, 6.45) is 0.343. The van der Waals surface area contributed by atoms with Crippen LogP contribution in [-0.4, -0.2) is 13.1 Å². The molecule has 1 atom stereocenters. The second kappa shape index (κ2) is 8.10. The Bertz CT molecular complexity index is 1080. The van der Waals surface area contributed by atoms with Gasteiger partial charge in [-0.1, -0.05) is 48.0 Å². The molecule has 0 radical (unpaired) electrons. The fraction of sp³-hybridized carbons (Fsp3) is 0.125. The standard InChI is InChI=1S/C24H18ClFO3/c1-28-24(27)21-13-17(25)9-12-19(21)20-14-22(15-5-3-2-4-6-15)29-23(20)16-7-10-18(26)11-8-16/h2-13,22H,14H2,1H3. The lowest BCUT2D eigenvalue weighted by Gasteiger charge is -2.13. The van der Waals surface area contributed by atoms with Gasteiger partial charge in [-0.2, -0.15) is 0 Å². The first kappa shape index (κ1) is 19.2. The van der Waals surface area contributed by atoms with Crippen molar-refractivity contribution in [1.82, 2.24) is 0 Å². The van der Waals surface area contributed by atoms with Gasteiger partial charge in [0.05, 0.1) is 12.7 Å². The molecule has 1 unspecified atom stereocenters. The van der Waals surface area contributed by atoms with Gasteiger partial charge in [-0.25, -0.2) is 9.18 Å². The predicted octanol–water partition coefficient (Wildman–Crippen LogP) is 6.30. The van der Waals surface area contributed by atoms with Gasteiger partial charge in [0.25, 0.3) is 0 Å². The number of ether oxygens (including phenoxy) is 2. The van der Waals surface area contributed by atoms with Crippen LogP contribution in [0.4, 0.5) is 4.39 Å². The maximum atomic E-state index is 13.5. The van der Waals surface area contributed by atoms with Crippen LogP contribution in [0.15, 0.2) is 72.8 Å². The zero-order valence-electron chi connectivity index (χ0n) is 15.7. The zero-order chi connectivity index (χ0) is 20.4. The van der Waals surface area contributed by atoms with E-state index in [2.05, 4.69) is 0 Å². The van der Waals surface area contributed by atoms with Crippen LogP contribution in [0.3, 0.4) is 0 Å². The number of methoxy groups -OCH3 is 1.